The van der Waals surface area contributed by atoms with Crippen LogP contribution in [0.25, 0.3) is 5.69 Å². The predicted octanol–water partition coefficient (Wildman–Crippen LogP) is 4.07. The fourth-order valence-electron chi connectivity index (χ4n) is 4.02. The number of nitrogens with zero attached hydrogens (tertiary/aromatic N) is 3. The average molecular weight is 408 g/mol. The van der Waals surface area contributed by atoms with Gasteiger partial charge in [0.15, 0.2) is 11.5 Å². The average Bonchev–Trinajstić information content (AvgIpc) is 3.48. The van der Waals surface area contributed by atoms with Gasteiger partial charge >= 0.3 is 0 Å². The van der Waals surface area contributed by atoms with Gasteiger partial charge in [0, 0.05) is 38.6 Å². The van der Waals surface area contributed by atoms with E-state index < -0.39 is 0 Å². The van der Waals surface area contributed by atoms with E-state index in [2.05, 4.69) is 46.4 Å². The van der Waals surface area contributed by atoms with Gasteiger partial charge in [-0.3, -0.25) is 4.90 Å². The van der Waals surface area contributed by atoms with E-state index in [1.165, 1.54) is 11.1 Å². The molecular weight excluding hydrogens is 378 g/mol. The molecule has 3 aromatic rings. The van der Waals surface area contributed by atoms with Gasteiger partial charge in [-0.1, -0.05) is 24.3 Å². The second-order valence-electron chi connectivity index (χ2n) is 7.57. The van der Waals surface area contributed by atoms with E-state index in [-0.39, 0.29) is 6.10 Å². The van der Waals surface area contributed by atoms with Gasteiger partial charge < -0.3 is 14.2 Å². The Hall–Kier alpha value is -2.83. The molecule has 1 aliphatic heterocycles. The molecule has 6 nitrogen and oxygen atoms in total. The van der Waals surface area contributed by atoms with Crippen LogP contribution in [0.3, 0.4) is 0 Å². The normalized spacial score (nSPS) is 16.2. The molecule has 1 atom stereocenters. The summed E-state index contributed by atoms with van der Waals surface area (Å²) in [7, 11) is 3.33. The number of ether oxygens (including phenoxy) is 3. The van der Waals surface area contributed by atoms with E-state index in [1.807, 2.05) is 29.2 Å². The van der Waals surface area contributed by atoms with Crippen molar-refractivity contribution < 1.29 is 14.2 Å². The van der Waals surface area contributed by atoms with Gasteiger partial charge in [-0.05, 0) is 48.2 Å². The number of benzene rings is 2. The van der Waals surface area contributed by atoms with Crippen LogP contribution in [-0.4, -0.2) is 48.2 Å². The molecule has 1 fully saturated rings. The summed E-state index contributed by atoms with van der Waals surface area (Å²) in [6.07, 6.45) is 6.33. The van der Waals surface area contributed by atoms with Gasteiger partial charge in [-0.25, -0.2) is 4.68 Å². The molecule has 1 saturated heterocycles. The number of methoxy groups -OCH3 is 2. The maximum Gasteiger partial charge on any atom is 0.161 e. The zero-order valence-corrected chi connectivity index (χ0v) is 17.7. The fraction of sp³-hybridized carbons (Fsp3) is 0.375. The Morgan fingerprint density at radius 3 is 2.67 bits per heavy atom. The van der Waals surface area contributed by atoms with Crippen molar-refractivity contribution in [3.05, 3.63) is 72.1 Å². The number of rotatable bonds is 9. The molecule has 6 heteroatoms. The molecule has 0 N–H and O–H groups in total. The molecule has 0 aliphatic carbocycles. The number of hydrogen-bond donors (Lipinski definition) is 0. The smallest absolute Gasteiger partial charge is 0.161 e. The first kappa shape index (κ1) is 20.4. The summed E-state index contributed by atoms with van der Waals surface area (Å²) in [5.74, 6) is 1.50. The molecule has 2 heterocycles. The first-order chi connectivity index (χ1) is 14.8. The SMILES string of the molecule is COc1ccc(CN(Cc2ccccc2-n2cccn2)C[C@@H]2CCCO2)cc1OC. The summed E-state index contributed by atoms with van der Waals surface area (Å²) < 4.78 is 18.8. The van der Waals surface area contributed by atoms with Crippen molar-refractivity contribution in [3.63, 3.8) is 0 Å². The number of para-hydroxylation sites is 1. The van der Waals surface area contributed by atoms with Crippen molar-refractivity contribution in [2.24, 2.45) is 0 Å². The lowest BCUT2D eigenvalue weighted by Crippen LogP contribution is -2.31. The molecule has 1 aromatic heterocycles. The van der Waals surface area contributed by atoms with Crippen LogP contribution in [0.15, 0.2) is 60.9 Å². The highest BCUT2D eigenvalue weighted by molar-refractivity contribution is 5.43. The highest BCUT2D eigenvalue weighted by atomic mass is 16.5. The van der Waals surface area contributed by atoms with Crippen LogP contribution in [0.1, 0.15) is 24.0 Å². The van der Waals surface area contributed by atoms with Crippen LogP contribution >= 0.6 is 0 Å². The van der Waals surface area contributed by atoms with E-state index in [9.17, 15) is 0 Å². The van der Waals surface area contributed by atoms with Crippen molar-refractivity contribution in [1.29, 1.82) is 0 Å². The van der Waals surface area contributed by atoms with Gasteiger partial charge in [-0.15, -0.1) is 0 Å². The maximum atomic E-state index is 5.94. The van der Waals surface area contributed by atoms with E-state index in [1.54, 1.807) is 14.2 Å². The first-order valence-corrected chi connectivity index (χ1v) is 10.4. The zero-order chi connectivity index (χ0) is 20.8. The first-order valence-electron chi connectivity index (χ1n) is 10.4. The lowest BCUT2D eigenvalue weighted by Gasteiger charge is -2.26. The summed E-state index contributed by atoms with van der Waals surface area (Å²) in [6.45, 7) is 3.36. The van der Waals surface area contributed by atoms with Gasteiger partial charge in [0.1, 0.15) is 0 Å². The molecule has 30 heavy (non-hydrogen) atoms. The molecule has 0 amide bonds. The van der Waals surface area contributed by atoms with Crippen molar-refractivity contribution in [2.75, 3.05) is 27.4 Å². The van der Waals surface area contributed by atoms with Crippen LogP contribution in [0.5, 0.6) is 11.5 Å². The van der Waals surface area contributed by atoms with Gasteiger partial charge in [0.2, 0.25) is 0 Å². The van der Waals surface area contributed by atoms with E-state index in [4.69, 9.17) is 14.2 Å². The molecule has 1 aliphatic rings. The van der Waals surface area contributed by atoms with Crippen LogP contribution in [0, 0.1) is 0 Å². The summed E-state index contributed by atoms with van der Waals surface area (Å²) in [6, 6.07) is 16.5. The molecular formula is C24H29N3O3. The fourth-order valence-corrected chi connectivity index (χ4v) is 4.02. The zero-order valence-electron chi connectivity index (χ0n) is 17.7. The molecule has 2 aromatic carbocycles. The minimum Gasteiger partial charge on any atom is -0.493 e. The van der Waals surface area contributed by atoms with Crippen LogP contribution < -0.4 is 9.47 Å². The number of hydrogen-bond acceptors (Lipinski definition) is 5. The molecule has 158 valence electrons. The lowest BCUT2D eigenvalue weighted by atomic mass is 10.1. The van der Waals surface area contributed by atoms with Crippen LogP contribution in [0.2, 0.25) is 0 Å². The maximum absolute atomic E-state index is 5.94. The monoisotopic (exact) mass is 407 g/mol. The van der Waals surface area contributed by atoms with Crippen molar-refractivity contribution in [3.8, 4) is 17.2 Å². The Bertz CT molecular complexity index is 937. The highest BCUT2D eigenvalue weighted by Crippen LogP contribution is 2.29. The van der Waals surface area contributed by atoms with Crippen LogP contribution in [-0.2, 0) is 17.8 Å². The largest absolute Gasteiger partial charge is 0.493 e. The van der Waals surface area contributed by atoms with E-state index in [0.29, 0.717) is 0 Å². The third-order valence-electron chi connectivity index (χ3n) is 5.48. The summed E-state index contributed by atoms with van der Waals surface area (Å²) >= 11 is 0. The van der Waals surface area contributed by atoms with Crippen molar-refractivity contribution in [1.82, 2.24) is 14.7 Å². The van der Waals surface area contributed by atoms with E-state index in [0.717, 1.165) is 56.3 Å². The Morgan fingerprint density at radius 2 is 1.93 bits per heavy atom. The Morgan fingerprint density at radius 1 is 1.07 bits per heavy atom. The minimum absolute atomic E-state index is 0.280. The Labute approximate surface area is 178 Å². The highest BCUT2D eigenvalue weighted by Gasteiger charge is 2.21. The van der Waals surface area contributed by atoms with Gasteiger partial charge in [0.05, 0.1) is 26.0 Å². The van der Waals surface area contributed by atoms with Gasteiger partial charge in [0.25, 0.3) is 0 Å². The lowest BCUT2D eigenvalue weighted by molar-refractivity contribution is 0.0678. The molecule has 0 bridgehead atoms. The van der Waals surface area contributed by atoms with Crippen molar-refractivity contribution in [2.45, 2.75) is 32.0 Å². The molecule has 0 spiro atoms. The molecule has 0 unspecified atom stereocenters. The third kappa shape index (κ3) is 4.83. The van der Waals surface area contributed by atoms with E-state index >= 15 is 0 Å². The molecule has 0 saturated carbocycles. The standard InChI is InChI=1S/C24H29N3O3/c1-28-23-11-10-19(15-24(23)29-2)16-26(18-21-8-5-14-30-21)17-20-7-3-4-9-22(20)27-13-6-12-25-27/h3-4,6-7,9-13,15,21H,5,8,14,16-18H2,1-2H3/t21-/m0/s1. The second kappa shape index (κ2) is 9.78. The predicted molar refractivity (Wildman–Crippen MR) is 116 cm³/mol. The second-order valence-corrected chi connectivity index (χ2v) is 7.57. The summed E-state index contributed by atoms with van der Waals surface area (Å²) in [4.78, 5) is 2.44. The Kier molecular flexibility index (Phi) is 6.67. The van der Waals surface area contributed by atoms with Gasteiger partial charge in [-0.2, -0.15) is 5.10 Å². The van der Waals surface area contributed by atoms with Crippen LogP contribution in [0.4, 0.5) is 0 Å². The minimum atomic E-state index is 0.280. The Balaban J connectivity index is 1.58. The molecule has 4 rings (SSSR count). The molecule has 0 radical (unpaired) electrons. The topological polar surface area (TPSA) is 48.8 Å². The quantitative estimate of drug-likeness (QED) is 0.535. The van der Waals surface area contributed by atoms with Crippen molar-refractivity contribution >= 4 is 0 Å². The number of aromatic nitrogens is 2. The summed E-state index contributed by atoms with van der Waals surface area (Å²) in [5, 5.41) is 4.43. The summed E-state index contributed by atoms with van der Waals surface area (Å²) in [5.41, 5.74) is 3.52. The third-order valence-corrected chi connectivity index (χ3v) is 5.48.